The topological polar surface area (TPSA) is 220 Å². The summed E-state index contributed by atoms with van der Waals surface area (Å²) < 4.78 is 21.9. The Bertz CT molecular complexity index is 2800. The van der Waals surface area contributed by atoms with Crippen LogP contribution in [-0.4, -0.2) is 59.6 Å². The number of ether oxygens (including phenoxy) is 3. The fraction of sp³-hybridized carbons (Fsp3) is 0.297. The van der Waals surface area contributed by atoms with Crippen molar-refractivity contribution in [3.8, 4) is 11.5 Å². The first kappa shape index (κ1) is 41.1. The summed E-state index contributed by atoms with van der Waals surface area (Å²) in [4.78, 5) is 73.3. The molecule has 8 rings (SSSR count). The molecular formula is C37H37LiN4O12. The van der Waals surface area contributed by atoms with Crippen LogP contribution in [0.3, 0.4) is 0 Å². The van der Waals surface area contributed by atoms with Gasteiger partial charge in [0.15, 0.2) is 11.5 Å². The van der Waals surface area contributed by atoms with Gasteiger partial charge in [-0.05, 0) is 69.0 Å². The van der Waals surface area contributed by atoms with E-state index >= 15 is 0 Å². The standard InChI is InChI=1S/C19H18N2O5.C17H14N2O5.CH4O.Li.H2O/c1-5-25-19(24)18-21-14(23)7-10(3)12-8-11-9(2)6-13(22)20(4)15(11)17(26-18)16(12)21;1-7-4-11(20)18(3)13-9(7)6-10-8(2)5-12(21)19-14(10)15(13)24-16(19)17(22)23;1-2;;/h6-8,18H,5H2,1-4H3;4-6,16H,1-3H3,(H,22,23);2H,1H3;;1H2/q;;;+1;/p-1. The van der Waals surface area contributed by atoms with E-state index in [9.17, 15) is 33.9 Å². The van der Waals surface area contributed by atoms with Gasteiger partial charge in [0.2, 0.25) is 0 Å². The summed E-state index contributed by atoms with van der Waals surface area (Å²) in [7, 11) is 4.24. The number of hydrogen-bond donors (Lipinski definition) is 2. The van der Waals surface area contributed by atoms with E-state index in [0.29, 0.717) is 27.8 Å². The van der Waals surface area contributed by atoms with Gasteiger partial charge in [0.05, 0.1) is 17.6 Å². The summed E-state index contributed by atoms with van der Waals surface area (Å²) in [6.45, 7) is 9.17. The van der Waals surface area contributed by atoms with Gasteiger partial charge in [-0.1, -0.05) is 0 Å². The molecule has 0 spiro atoms. The van der Waals surface area contributed by atoms with E-state index in [4.69, 9.17) is 19.3 Å². The molecule has 2 aromatic carbocycles. The maximum absolute atomic E-state index is 12.6. The van der Waals surface area contributed by atoms with E-state index in [0.717, 1.165) is 55.5 Å². The van der Waals surface area contributed by atoms with Crippen LogP contribution in [0.4, 0.5) is 0 Å². The molecule has 2 aliphatic heterocycles. The molecule has 0 fully saturated rings. The summed E-state index contributed by atoms with van der Waals surface area (Å²) in [5, 5.41) is 19.6. The molecule has 2 aliphatic rings. The SMILES string of the molecule is CCOC(=O)C1Oc2c3c(cc4c(C)cc(=O)n1c24)c(C)cc(=O)n3C.CO.Cc1cc(=O)n(C)c2c3c4c(cc12)c(C)cc(=O)n4C(C(=O)O)O3.[Li+].[OH-]. The van der Waals surface area contributed by atoms with Gasteiger partial charge in [0.25, 0.3) is 34.7 Å². The molecule has 278 valence electrons. The van der Waals surface area contributed by atoms with Crippen molar-refractivity contribution in [2.24, 2.45) is 14.1 Å². The van der Waals surface area contributed by atoms with Gasteiger partial charge in [0.1, 0.15) is 11.0 Å². The van der Waals surface area contributed by atoms with Crippen LogP contribution in [0.1, 0.15) is 41.6 Å². The van der Waals surface area contributed by atoms with E-state index in [1.54, 1.807) is 34.0 Å². The molecule has 16 nitrogen and oxygen atoms in total. The fourth-order valence-corrected chi connectivity index (χ4v) is 6.99. The van der Waals surface area contributed by atoms with Crippen LogP contribution in [0.2, 0.25) is 0 Å². The quantitative estimate of drug-likeness (QED) is 0.137. The van der Waals surface area contributed by atoms with Crippen molar-refractivity contribution in [1.82, 2.24) is 18.3 Å². The van der Waals surface area contributed by atoms with Gasteiger partial charge in [-0.3, -0.25) is 28.3 Å². The Morgan fingerprint density at radius 3 is 1.33 bits per heavy atom. The number of aliphatic hydroxyl groups is 1. The van der Waals surface area contributed by atoms with Gasteiger partial charge in [-0.15, -0.1) is 0 Å². The zero-order valence-electron chi connectivity index (χ0n) is 31.1. The largest absolute Gasteiger partial charge is 1.00 e. The van der Waals surface area contributed by atoms with E-state index in [1.165, 1.54) is 31.9 Å². The molecule has 0 radical (unpaired) electrons. The van der Waals surface area contributed by atoms with Gasteiger partial charge < -0.3 is 39.0 Å². The Morgan fingerprint density at radius 1 is 0.630 bits per heavy atom. The number of carbonyl (C=O) groups excluding carboxylic acids is 1. The van der Waals surface area contributed by atoms with Crippen molar-refractivity contribution in [3.05, 3.63) is 100 Å². The summed E-state index contributed by atoms with van der Waals surface area (Å²) in [5.41, 5.74) is 3.89. The second-order valence-electron chi connectivity index (χ2n) is 12.5. The number of benzene rings is 2. The minimum Gasteiger partial charge on any atom is -0.870 e. The van der Waals surface area contributed by atoms with Crippen LogP contribution >= 0.6 is 0 Å². The van der Waals surface area contributed by atoms with Crippen LogP contribution in [0.25, 0.3) is 43.6 Å². The molecule has 0 saturated heterocycles. The molecule has 0 amide bonds. The number of hydrogen-bond acceptors (Lipinski definition) is 11. The Kier molecular flexibility index (Phi) is 11.4. The number of nitrogens with zero attached hydrogens (tertiary/aromatic N) is 4. The number of carboxylic acids is 1. The molecule has 3 N–H and O–H groups in total. The van der Waals surface area contributed by atoms with Crippen LogP contribution in [0.5, 0.6) is 11.5 Å². The van der Waals surface area contributed by atoms with E-state index < -0.39 is 30.0 Å². The van der Waals surface area contributed by atoms with Crippen molar-refractivity contribution < 1.29 is 58.3 Å². The Morgan fingerprint density at radius 2 is 0.963 bits per heavy atom. The van der Waals surface area contributed by atoms with E-state index in [-0.39, 0.29) is 53.4 Å². The summed E-state index contributed by atoms with van der Waals surface area (Å²) in [5.74, 6) is -1.27. The Labute approximate surface area is 317 Å². The van der Waals surface area contributed by atoms with Crippen molar-refractivity contribution in [2.75, 3.05) is 13.7 Å². The average Bonchev–Trinajstić information content (AvgIpc) is 3.70. The molecule has 0 saturated carbocycles. The number of rotatable bonds is 3. The van der Waals surface area contributed by atoms with Crippen LogP contribution in [0.15, 0.2) is 55.6 Å². The third-order valence-electron chi connectivity index (χ3n) is 9.43. The molecule has 54 heavy (non-hydrogen) atoms. The third-order valence-corrected chi connectivity index (χ3v) is 9.43. The monoisotopic (exact) mass is 736 g/mol. The first-order chi connectivity index (χ1) is 24.7. The average molecular weight is 737 g/mol. The molecule has 17 heteroatoms. The van der Waals surface area contributed by atoms with Crippen LogP contribution in [-0.2, 0) is 28.4 Å². The first-order valence-electron chi connectivity index (χ1n) is 16.2. The van der Waals surface area contributed by atoms with E-state index in [2.05, 4.69) is 0 Å². The van der Waals surface area contributed by atoms with E-state index in [1.807, 2.05) is 32.9 Å². The van der Waals surface area contributed by atoms with Crippen LogP contribution in [0, 0.1) is 27.7 Å². The summed E-state index contributed by atoms with van der Waals surface area (Å²) in [6.07, 6.45) is -2.63. The van der Waals surface area contributed by atoms with Gasteiger partial charge in [-0.25, -0.2) is 9.59 Å². The van der Waals surface area contributed by atoms with Gasteiger partial charge in [-0.2, -0.15) is 0 Å². The predicted octanol–water partition coefficient (Wildman–Crippen LogP) is -0.194. The van der Waals surface area contributed by atoms with Crippen molar-refractivity contribution >= 4 is 55.6 Å². The number of aliphatic carboxylic acids is 1. The summed E-state index contributed by atoms with van der Waals surface area (Å²) >= 11 is 0. The fourth-order valence-electron chi connectivity index (χ4n) is 6.99. The van der Waals surface area contributed by atoms with Gasteiger partial charge in [0, 0.05) is 67.0 Å². The molecule has 0 bridgehead atoms. The molecular weight excluding hydrogens is 699 g/mol. The molecule has 6 aromatic rings. The van der Waals surface area contributed by atoms with Crippen molar-refractivity contribution in [2.45, 2.75) is 47.1 Å². The number of fused-ring (bicyclic) bond motifs is 4. The zero-order chi connectivity index (χ0) is 38.1. The maximum Gasteiger partial charge on any atom is 1.00 e. The molecule has 0 aliphatic carbocycles. The molecule has 2 atom stereocenters. The van der Waals surface area contributed by atoms with Crippen LogP contribution < -0.4 is 50.6 Å². The van der Waals surface area contributed by atoms with Crippen molar-refractivity contribution in [1.29, 1.82) is 0 Å². The Balaban J connectivity index is 0.000000223. The number of pyridine rings is 4. The second kappa shape index (κ2) is 15.0. The smallest absolute Gasteiger partial charge is 0.870 e. The minimum atomic E-state index is -1.43. The molecule has 6 heterocycles. The minimum absolute atomic E-state index is 0. The number of carbonyl (C=O) groups is 2. The molecule has 4 aromatic heterocycles. The van der Waals surface area contributed by atoms with Crippen molar-refractivity contribution in [3.63, 3.8) is 0 Å². The number of aromatic nitrogens is 4. The summed E-state index contributed by atoms with van der Waals surface area (Å²) in [6, 6.07) is 9.78. The predicted molar refractivity (Wildman–Crippen MR) is 195 cm³/mol. The number of aryl methyl sites for hydroxylation is 6. The second-order valence-corrected chi connectivity index (χ2v) is 12.5. The number of aliphatic hydroxyl groups excluding tert-OH is 1. The first-order valence-corrected chi connectivity index (χ1v) is 16.2. The zero-order valence-corrected chi connectivity index (χ0v) is 31.1. The normalized spacial score (nSPS) is 14.6. The molecule has 2 unspecified atom stereocenters. The number of esters is 1. The Hall–Kier alpha value is -5.66. The third kappa shape index (κ3) is 6.06. The number of carboxylic acid groups (broad SMARTS) is 1. The van der Waals surface area contributed by atoms with Gasteiger partial charge >= 0.3 is 30.8 Å². The maximum atomic E-state index is 12.6.